The van der Waals surface area contributed by atoms with Crippen LogP contribution in [0, 0.1) is 5.92 Å². The number of hydrogen-bond donors (Lipinski definition) is 3. The Balaban J connectivity index is 1.54. The molecule has 3 rings (SSSR count). The second-order valence-corrected chi connectivity index (χ2v) is 7.73. The summed E-state index contributed by atoms with van der Waals surface area (Å²) in [5.74, 6) is 0.992. The molecule has 0 saturated carbocycles. The molecule has 1 amide bonds. The summed E-state index contributed by atoms with van der Waals surface area (Å²) in [5.41, 5.74) is 1.21. The van der Waals surface area contributed by atoms with Gasteiger partial charge in [-0.25, -0.2) is 0 Å². The van der Waals surface area contributed by atoms with Crippen molar-refractivity contribution in [3.05, 3.63) is 17.7 Å². The predicted octanol–water partition coefficient (Wildman–Crippen LogP) is 1.28. The van der Waals surface area contributed by atoms with E-state index in [4.69, 9.17) is 9.47 Å². The van der Waals surface area contributed by atoms with E-state index in [1.54, 1.807) is 20.0 Å². The first-order chi connectivity index (χ1) is 14.0. The van der Waals surface area contributed by atoms with E-state index in [0.29, 0.717) is 49.8 Å². The maximum atomic E-state index is 12.8. The van der Waals surface area contributed by atoms with Crippen LogP contribution in [0.1, 0.15) is 36.5 Å². The number of amides is 1. The fourth-order valence-electron chi connectivity index (χ4n) is 3.82. The van der Waals surface area contributed by atoms with Crippen LogP contribution in [-0.4, -0.2) is 74.2 Å². The van der Waals surface area contributed by atoms with Crippen molar-refractivity contribution in [2.45, 2.75) is 32.3 Å². The molecule has 0 bridgehead atoms. The number of aliphatic hydroxyl groups excluding tert-OH is 1. The highest BCUT2D eigenvalue weighted by molar-refractivity contribution is 5.99. The quantitative estimate of drug-likeness (QED) is 0.599. The molecule has 2 atom stereocenters. The Hall–Kier alpha value is -2.32. The average molecular weight is 405 g/mol. The Morgan fingerprint density at radius 3 is 2.79 bits per heavy atom. The zero-order valence-corrected chi connectivity index (χ0v) is 17.2. The SMILES string of the molecule is CNc1cc2c(c(C(=O)NC[C@@H]3CCN(CCCC(C)=O)C[C@H]3O)c1)OCCO2. The Labute approximate surface area is 171 Å². The van der Waals surface area contributed by atoms with Gasteiger partial charge in [0.15, 0.2) is 11.5 Å². The van der Waals surface area contributed by atoms with Crippen LogP contribution in [0.2, 0.25) is 0 Å². The Morgan fingerprint density at radius 2 is 2.07 bits per heavy atom. The molecule has 0 spiro atoms. The van der Waals surface area contributed by atoms with Crippen LogP contribution in [-0.2, 0) is 4.79 Å². The monoisotopic (exact) mass is 405 g/mol. The number of benzene rings is 1. The normalized spacial score (nSPS) is 21.5. The molecule has 3 N–H and O–H groups in total. The van der Waals surface area contributed by atoms with E-state index < -0.39 is 6.10 Å². The number of hydrogen-bond acceptors (Lipinski definition) is 7. The van der Waals surface area contributed by atoms with Gasteiger partial charge >= 0.3 is 0 Å². The van der Waals surface area contributed by atoms with Gasteiger partial charge in [-0.1, -0.05) is 0 Å². The Kier molecular flexibility index (Phi) is 7.33. The molecule has 1 aromatic rings. The largest absolute Gasteiger partial charge is 0.486 e. The number of fused-ring (bicyclic) bond motifs is 1. The first kappa shape index (κ1) is 21.4. The van der Waals surface area contributed by atoms with Crippen molar-refractivity contribution >= 4 is 17.4 Å². The molecule has 2 heterocycles. The number of anilines is 1. The zero-order valence-electron chi connectivity index (χ0n) is 17.2. The van der Waals surface area contributed by atoms with Crippen molar-refractivity contribution in [3.8, 4) is 11.5 Å². The number of nitrogens with zero attached hydrogens (tertiary/aromatic N) is 1. The van der Waals surface area contributed by atoms with Crippen LogP contribution >= 0.6 is 0 Å². The molecule has 29 heavy (non-hydrogen) atoms. The molecule has 8 heteroatoms. The van der Waals surface area contributed by atoms with Crippen molar-refractivity contribution in [2.24, 2.45) is 5.92 Å². The molecule has 2 aliphatic rings. The first-order valence-electron chi connectivity index (χ1n) is 10.3. The third kappa shape index (κ3) is 5.61. The number of likely N-dealkylation sites (tertiary alicyclic amines) is 1. The highest BCUT2D eigenvalue weighted by atomic mass is 16.6. The van der Waals surface area contributed by atoms with Gasteiger partial charge in [-0.2, -0.15) is 0 Å². The number of carbonyl (C=O) groups is 2. The van der Waals surface area contributed by atoms with Gasteiger partial charge in [0.25, 0.3) is 5.91 Å². The number of carbonyl (C=O) groups excluding carboxylic acids is 2. The minimum absolute atomic E-state index is 0.00323. The van der Waals surface area contributed by atoms with Crippen molar-refractivity contribution in [3.63, 3.8) is 0 Å². The van der Waals surface area contributed by atoms with Crippen LogP contribution < -0.4 is 20.1 Å². The minimum atomic E-state index is -0.501. The summed E-state index contributed by atoms with van der Waals surface area (Å²) in [4.78, 5) is 26.1. The number of nitrogens with one attached hydrogen (secondary N) is 2. The van der Waals surface area contributed by atoms with Crippen LogP contribution in [0.25, 0.3) is 0 Å². The molecule has 1 aromatic carbocycles. The van der Waals surface area contributed by atoms with Crippen LogP contribution in [0.3, 0.4) is 0 Å². The van der Waals surface area contributed by atoms with Gasteiger partial charge in [-0.05, 0) is 38.9 Å². The van der Waals surface area contributed by atoms with E-state index in [-0.39, 0.29) is 17.6 Å². The highest BCUT2D eigenvalue weighted by Gasteiger charge is 2.29. The zero-order chi connectivity index (χ0) is 20.8. The molecule has 1 saturated heterocycles. The number of Topliss-reactive ketones (excluding diaryl/α,β-unsaturated/α-hetero) is 1. The van der Waals surface area contributed by atoms with Gasteiger partial charge in [0.05, 0.1) is 11.7 Å². The van der Waals surface area contributed by atoms with Crippen molar-refractivity contribution in [1.82, 2.24) is 10.2 Å². The lowest BCUT2D eigenvalue weighted by atomic mass is 9.93. The van der Waals surface area contributed by atoms with E-state index in [1.807, 2.05) is 6.07 Å². The van der Waals surface area contributed by atoms with Gasteiger partial charge in [0.1, 0.15) is 19.0 Å². The maximum absolute atomic E-state index is 12.8. The lowest BCUT2D eigenvalue weighted by Crippen LogP contribution is -2.47. The van der Waals surface area contributed by atoms with Crippen molar-refractivity contribution < 1.29 is 24.2 Å². The third-order valence-electron chi connectivity index (χ3n) is 5.51. The predicted molar refractivity (Wildman–Crippen MR) is 110 cm³/mol. The summed E-state index contributed by atoms with van der Waals surface area (Å²) in [5, 5.41) is 16.5. The molecule has 0 radical (unpaired) electrons. The van der Waals surface area contributed by atoms with Crippen molar-refractivity contribution in [1.29, 1.82) is 0 Å². The summed E-state index contributed by atoms with van der Waals surface area (Å²) in [6, 6.07) is 3.56. The van der Waals surface area contributed by atoms with Gasteiger partial charge in [-0.3, -0.25) is 4.79 Å². The van der Waals surface area contributed by atoms with Crippen LogP contribution in [0.5, 0.6) is 11.5 Å². The first-order valence-corrected chi connectivity index (χ1v) is 10.3. The summed E-state index contributed by atoms with van der Waals surface area (Å²) in [6.07, 6.45) is 1.70. The molecule has 2 aliphatic heterocycles. The number of piperidine rings is 1. The number of ether oxygens (including phenoxy) is 2. The third-order valence-corrected chi connectivity index (χ3v) is 5.51. The number of aliphatic hydroxyl groups is 1. The second kappa shape index (κ2) is 9.93. The fraction of sp³-hybridized carbons (Fsp3) is 0.619. The molecule has 1 fully saturated rings. The lowest BCUT2D eigenvalue weighted by Gasteiger charge is -2.36. The molecular weight excluding hydrogens is 374 g/mol. The minimum Gasteiger partial charge on any atom is -0.486 e. The summed E-state index contributed by atoms with van der Waals surface area (Å²) in [7, 11) is 1.79. The van der Waals surface area contributed by atoms with Crippen LogP contribution in [0.4, 0.5) is 5.69 Å². The standard InChI is InChI=1S/C21H31N3O5/c1-14(25)4-3-6-24-7-5-15(18(26)13-24)12-23-21(27)17-10-16(22-2)11-19-20(17)29-9-8-28-19/h10-11,15,18,22,26H,3-9,12-13H2,1-2H3,(H,23,27)/t15-,18+/m0/s1. The summed E-state index contributed by atoms with van der Waals surface area (Å²) < 4.78 is 11.3. The van der Waals surface area contributed by atoms with Gasteiger partial charge in [0.2, 0.25) is 0 Å². The molecule has 0 unspecified atom stereocenters. The van der Waals surface area contributed by atoms with E-state index in [0.717, 1.165) is 31.6 Å². The average Bonchev–Trinajstić information content (AvgIpc) is 2.71. The Morgan fingerprint density at radius 1 is 1.28 bits per heavy atom. The highest BCUT2D eigenvalue weighted by Crippen LogP contribution is 2.37. The summed E-state index contributed by atoms with van der Waals surface area (Å²) in [6.45, 7) is 5.11. The van der Waals surface area contributed by atoms with Crippen LogP contribution in [0.15, 0.2) is 12.1 Å². The maximum Gasteiger partial charge on any atom is 0.255 e. The Bertz CT molecular complexity index is 739. The van der Waals surface area contributed by atoms with E-state index in [9.17, 15) is 14.7 Å². The van der Waals surface area contributed by atoms with Gasteiger partial charge in [-0.15, -0.1) is 0 Å². The van der Waals surface area contributed by atoms with Gasteiger partial charge < -0.3 is 34.9 Å². The smallest absolute Gasteiger partial charge is 0.255 e. The molecule has 0 aromatic heterocycles. The number of ketones is 1. The molecule has 0 aliphatic carbocycles. The second-order valence-electron chi connectivity index (χ2n) is 7.73. The van der Waals surface area contributed by atoms with E-state index in [2.05, 4.69) is 15.5 Å². The molecular formula is C21H31N3O5. The molecule has 160 valence electrons. The van der Waals surface area contributed by atoms with E-state index in [1.165, 1.54) is 0 Å². The van der Waals surface area contributed by atoms with E-state index >= 15 is 0 Å². The topological polar surface area (TPSA) is 100 Å². The molecule has 8 nitrogen and oxygen atoms in total. The lowest BCUT2D eigenvalue weighted by molar-refractivity contribution is -0.117. The fourth-order valence-corrected chi connectivity index (χ4v) is 3.82. The number of β-amino-alcohol motifs (C(OH)–C–C–N with tert-alkyl or cyclic N) is 1. The van der Waals surface area contributed by atoms with Crippen molar-refractivity contribution in [2.75, 3.05) is 51.8 Å². The number of rotatable bonds is 8. The van der Waals surface area contributed by atoms with Gasteiger partial charge in [0, 0.05) is 44.2 Å². The summed E-state index contributed by atoms with van der Waals surface area (Å²) >= 11 is 0.